The van der Waals surface area contributed by atoms with Crippen molar-refractivity contribution in [2.45, 2.75) is 19.8 Å². The maximum absolute atomic E-state index is 12.7. The molecule has 0 unspecified atom stereocenters. The number of nitrogens with one attached hydrogen (secondary N) is 1. The minimum atomic E-state index is -0.00376. The van der Waals surface area contributed by atoms with Gasteiger partial charge in [-0.05, 0) is 38.4 Å². The zero-order valence-electron chi connectivity index (χ0n) is 15.6. The molecular weight excluding hydrogens is 326 g/mol. The van der Waals surface area contributed by atoms with Crippen molar-refractivity contribution in [2.75, 3.05) is 45.1 Å². The monoisotopic (exact) mass is 353 g/mol. The molecule has 6 heteroatoms. The number of amides is 1. The number of aromatic nitrogens is 2. The molecule has 1 aromatic carbocycles. The topological polar surface area (TPSA) is 61.4 Å². The van der Waals surface area contributed by atoms with E-state index in [0.717, 1.165) is 51.3 Å². The lowest BCUT2D eigenvalue weighted by molar-refractivity contribution is 0.0658. The van der Waals surface area contributed by atoms with E-state index in [1.54, 1.807) is 6.07 Å². The summed E-state index contributed by atoms with van der Waals surface area (Å²) in [6, 6.07) is 12.2. The third-order valence-corrected chi connectivity index (χ3v) is 4.63. The number of aryl methyl sites for hydroxylation is 2. The largest absolute Gasteiger partial charge is 0.354 e. The van der Waals surface area contributed by atoms with E-state index >= 15 is 0 Å². The van der Waals surface area contributed by atoms with E-state index in [4.69, 9.17) is 0 Å². The van der Waals surface area contributed by atoms with Crippen molar-refractivity contribution >= 4 is 11.9 Å². The van der Waals surface area contributed by atoms with Gasteiger partial charge < -0.3 is 15.1 Å². The van der Waals surface area contributed by atoms with Gasteiger partial charge in [-0.25, -0.2) is 9.97 Å². The van der Waals surface area contributed by atoms with E-state index in [1.807, 2.05) is 17.9 Å². The molecule has 6 nitrogen and oxygen atoms in total. The Morgan fingerprint density at radius 3 is 2.58 bits per heavy atom. The number of anilines is 1. The average Bonchev–Trinajstić information content (AvgIpc) is 2.66. The first-order valence-corrected chi connectivity index (χ1v) is 9.23. The number of carbonyl (C=O) groups is 1. The van der Waals surface area contributed by atoms with Crippen molar-refractivity contribution in [3.63, 3.8) is 0 Å². The molecule has 0 aliphatic carbocycles. The minimum absolute atomic E-state index is 0.00376. The molecule has 3 rings (SSSR count). The second kappa shape index (κ2) is 8.76. The first-order valence-electron chi connectivity index (χ1n) is 9.23. The number of likely N-dealkylation sites (N-methyl/N-ethyl adjacent to an activating group) is 1. The molecule has 0 saturated carbocycles. The third-order valence-electron chi connectivity index (χ3n) is 4.63. The zero-order valence-corrected chi connectivity index (χ0v) is 15.6. The molecular formula is C20H27N5O. The molecule has 0 spiro atoms. The number of benzene rings is 1. The Hall–Kier alpha value is -2.47. The fourth-order valence-electron chi connectivity index (χ4n) is 3.07. The molecule has 1 amide bonds. The van der Waals surface area contributed by atoms with Crippen LogP contribution in [0.5, 0.6) is 0 Å². The van der Waals surface area contributed by atoms with Crippen LogP contribution in [0.2, 0.25) is 0 Å². The average molecular weight is 353 g/mol. The number of hydrogen-bond donors (Lipinski definition) is 1. The van der Waals surface area contributed by atoms with Gasteiger partial charge in [0.15, 0.2) is 0 Å². The van der Waals surface area contributed by atoms with Crippen molar-refractivity contribution < 1.29 is 4.79 Å². The molecule has 1 saturated heterocycles. The van der Waals surface area contributed by atoms with Crippen molar-refractivity contribution in [3.05, 3.63) is 53.3 Å². The zero-order chi connectivity index (χ0) is 18.4. The fourth-order valence-corrected chi connectivity index (χ4v) is 3.07. The summed E-state index contributed by atoms with van der Waals surface area (Å²) in [5.74, 6) is 0.534. The van der Waals surface area contributed by atoms with Crippen molar-refractivity contribution in [3.8, 4) is 0 Å². The second-order valence-corrected chi connectivity index (χ2v) is 6.83. The lowest BCUT2D eigenvalue weighted by Crippen LogP contribution is -2.47. The molecule has 2 aromatic rings. The van der Waals surface area contributed by atoms with Gasteiger partial charge in [-0.2, -0.15) is 0 Å². The highest BCUT2D eigenvalue weighted by Crippen LogP contribution is 2.10. The minimum Gasteiger partial charge on any atom is -0.354 e. The second-order valence-electron chi connectivity index (χ2n) is 6.83. The Morgan fingerprint density at radius 1 is 1.12 bits per heavy atom. The highest BCUT2D eigenvalue weighted by atomic mass is 16.2. The standard InChI is InChI=1S/C20H27N5O/c1-16-15-18(19(26)25-13-11-24(2)12-14-25)23-20(22-16)21-10-6-9-17-7-4-3-5-8-17/h3-5,7-8,15H,6,9-14H2,1-2H3,(H,21,22,23). The number of nitrogens with zero attached hydrogens (tertiary/aromatic N) is 4. The predicted octanol–water partition coefficient (Wildman–Crippen LogP) is 2.22. The molecule has 1 fully saturated rings. The van der Waals surface area contributed by atoms with Crippen LogP contribution in [0.4, 0.5) is 5.95 Å². The third kappa shape index (κ3) is 5.02. The van der Waals surface area contributed by atoms with E-state index in [9.17, 15) is 4.79 Å². The van der Waals surface area contributed by atoms with Crippen LogP contribution < -0.4 is 5.32 Å². The lowest BCUT2D eigenvalue weighted by atomic mass is 10.1. The van der Waals surface area contributed by atoms with E-state index < -0.39 is 0 Å². The van der Waals surface area contributed by atoms with E-state index in [-0.39, 0.29) is 5.91 Å². The van der Waals surface area contributed by atoms with Crippen LogP contribution in [0.3, 0.4) is 0 Å². The van der Waals surface area contributed by atoms with Crippen molar-refractivity contribution in [2.24, 2.45) is 0 Å². The molecule has 1 aliphatic heterocycles. The van der Waals surface area contributed by atoms with Crippen molar-refractivity contribution in [1.82, 2.24) is 19.8 Å². The molecule has 0 radical (unpaired) electrons. The van der Waals surface area contributed by atoms with Gasteiger partial charge in [0.05, 0.1) is 0 Å². The maximum Gasteiger partial charge on any atom is 0.272 e. The highest BCUT2D eigenvalue weighted by Gasteiger charge is 2.22. The lowest BCUT2D eigenvalue weighted by Gasteiger charge is -2.32. The van der Waals surface area contributed by atoms with E-state index in [0.29, 0.717) is 11.6 Å². The van der Waals surface area contributed by atoms with Gasteiger partial charge in [0.25, 0.3) is 5.91 Å². The fraction of sp³-hybridized carbons (Fsp3) is 0.450. The summed E-state index contributed by atoms with van der Waals surface area (Å²) in [5.41, 5.74) is 2.61. The van der Waals surface area contributed by atoms with Crippen LogP contribution in [0.25, 0.3) is 0 Å². The molecule has 0 bridgehead atoms. The van der Waals surface area contributed by atoms with Gasteiger partial charge in [0.2, 0.25) is 5.95 Å². The Balaban J connectivity index is 1.56. The molecule has 1 aromatic heterocycles. The number of carbonyl (C=O) groups excluding carboxylic acids is 1. The van der Waals surface area contributed by atoms with Crippen LogP contribution >= 0.6 is 0 Å². The Kier molecular flexibility index (Phi) is 6.17. The smallest absolute Gasteiger partial charge is 0.272 e. The summed E-state index contributed by atoms with van der Waals surface area (Å²) < 4.78 is 0. The normalized spacial score (nSPS) is 15.1. The van der Waals surface area contributed by atoms with Crippen LogP contribution in [0.15, 0.2) is 36.4 Å². The summed E-state index contributed by atoms with van der Waals surface area (Å²) in [6.45, 7) is 5.98. The van der Waals surface area contributed by atoms with E-state index in [1.165, 1.54) is 5.56 Å². The van der Waals surface area contributed by atoms with E-state index in [2.05, 4.69) is 51.5 Å². The Labute approximate surface area is 155 Å². The van der Waals surface area contributed by atoms with Crippen LogP contribution in [0.1, 0.15) is 28.2 Å². The number of rotatable bonds is 6. The molecule has 26 heavy (non-hydrogen) atoms. The molecule has 0 atom stereocenters. The maximum atomic E-state index is 12.7. The SMILES string of the molecule is Cc1cc(C(=O)N2CCN(C)CC2)nc(NCCCc2ccccc2)n1. The van der Waals surface area contributed by atoms with Crippen LogP contribution in [-0.2, 0) is 6.42 Å². The first kappa shape index (κ1) is 18.3. The van der Waals surface area contributed by atoms with Gasteiger partial charge in [-0.15, -0.1) is 0 Å². The van der Waals surface area contributed by atoms with Gasteiger partial charge in [-0.1, -0.05) is 30.3 Å². The molecule has 138 valence electrons. The number of hydrogen-bond acceptors (Lipinski definition) is 5. The predicted molar refractivity (Wildman–Crippen MR) is 103 cm³/mol. The Bertz CT molecular complexity index is 726. The van der Waals surface area contributed by atoms with Gasteiger partial charge >= 0.3 is 0 Å². The molecule has 1 N–H and O–H groups in total. The molecule has 1 aliphatic rings. The molecule has 2 heterocycles. The number of piperazine rings is 1. The summed E-state index contributed by atoms with van der Waals surface area (Å²) in [6.07, 6.45) is 2.00. The summed E-state index contributed by atoms with van der Waals surface area (Å²) in [7, 11) is 2.08. The summed E-state index contributed by atoms with van der Waals surface area (Å²) in [4.78, 5) is 25.7. The summed E-state index contributed by atoms with van der Waals surface area (Å²) in [5, 5.41) is 3.26. The first-order chi connectivity index (χ1) is 12.6. The van der Waals surface area contributed by atoms with Crippen molar-refractivity contribution in [1.29, 1.82) is 0 Å². The Morgan fingerprint density at radius 2 is 1.85 bits per heavy atom. The highest BCUT2D eigenvalue weighted by molar-refractivity contribution is 5.92. The summed E-state index contributed by atoms with van der Waals surface area (Å²) >= 11 is 0. The van der Waals surface area contributed by atoms with Gasteiger partial charge in [-0.3, -0.25) is 4.79 Å². The van der Waals surface area contributed by atoms with Gasteiger partial charge in [0, 0.05) is 38.4 Å². The van der Waals surface area contributed by atoms with Crippen LogP contribution in [-0.4, -0.2) is 65.4 Å². The van der Waals surface area contributed by atoms with Gasteiger partial charge in [0.1, 0.15) is 5.69 Å². The quantitative estimate of drug-likeness (QED) is 0.807. The van der Waals surface area contributed by atoms with Crippen LogP contribution in [0, 0.1) is 6.92 Å².